The lowest BCUT2D eigenvalue weighted by molar-refractivity contribution is 0.170. The van der Waals surface area contributed by atoms with Gasteiger partial charge in [0.25, 0.3) is 0 Å². The van der Waals surface area contributed by atoms with Crippen molar-refractivity contribution in [2.75, 3.05) is 33.0 Å². The number of aromatic nitrogens is 2. The van der Waals surface area contributed by atoms with Gasteiger partial charge < -0.3 is 23.7 Å². The lowest BCUT2D eigenvalue weighted by atomic mass is 9.82. The molecule has 0 saturated carbocycles. The number of carbonyl (C=O) groups excluding carboxylic acids is 1. The number of fused-ring (bicyclic) bond motifs is 3. The van der Waals surface area contributed by atoms with E-state index in [-0.39, 0.29) is 18.4 Å². The van der Waals surface area contributed by atoms with E-state index >= 15 is 0 Å². The van der Waals surface area contributed by atoms with Crippen LogP contribution in [0.25, 0.3) is 0 Å². The van der Waals surface area contributed by atoms with Crippen molar-refractivity contribution < 1.29 is 28.5 Å². The van der Waals surface area contributed by atoms with Crippen LogP contribution in [0.1, 0.15) is 37.8 Å². The number of methoxy groups -OCH3 is 3. The summed E-state index contributed by atoms with van der Waals surface area (Å²) in [5, 5.41) is 7.71. The van der Waals surface area contributed by atoms with Gasteiger partial charge in [-0.3, -0.25) is 10.2 Å². The molecule has 6 rings (SSSR count). The first-order valence-corrected chi connectivity index (χ1v) is 12.2. The molecule has 0 aliphatic carbocycles. The number of hydrogen-bond donors (Lipinski definition) is 1. The van der Waals surface area contributed by atoms with Gasteiger partial charge in [-0.1, -0.05) is 6.07 Å². The Morgan fingerprint density at radius 3 is 2.53 bits per heavy atom. The molecule has 3 aliphatic heterocycles. The van der Waals surface area contributed by atoms with Crippen molar-refractivity contribution in [3.8, 4) is 28.7 Å². The predicted molar refractivity (Wildman–Crippen MR) is 140 cm³/mol. The Hall–Kier alpha value is -4.41. The van der Waals surface area contributed by atoms with Gasteiger partial charge in [0.15, 0.2) is 17.3 Å². The molecule has 198 valence electrons. The number of nitrogens with one attached hydrogen (secondary N) is 1. The van der Waals surface area contributed by atoms with Crippen LogP contribution >= 0.6 is 0 Å². The molecule has 11 nitrogen and oxygen atoms in total. The van der Waals surface area contributed by atoms with Crippen LogP contribution in [0, 0.1) is 0 Å². The Kier molecular flexibility index (Phi) is 5.41. The smallest absolute Gasteiger partial charge is 0.328 e. The second-order valence-electron chi connectivity index (χ2n) is 10.2. The zero-order valence-electron chi connectivity index (χ0n) is 22.1. The number of nitrogens with zero attached hydrogens (tertiary/aromatic N) is 4. The fraction of sp³-hybridized carbons (Fsp3) is 0.370. The molecule has 3 aromatic rings. The lowest BCUT2D eigenvalue weighted by Gasteiger charge is -2.34. The zero-order valence-corrected chi connectivity index (χ0v) is 22.1. The quantitative estimate of drug-likeness (QED) is 0.539. The number of amides is 2. The molecule has 2 amide bonds. The second kappa shape index (κ2) is 8.57. The van der Waals surface area contributed by atoms with E-state index in [4.69, 9.17) is 33.8 Å². The molecule has 0 radical (unpaired) electrons. The largest absolute Gasteiger partial charge is 0.497 e. The number of urea groups is 1. The van der Waals surface area contributed by atoms with Crippen LogP contribution in [0.3, 0.4) is 0 Å². The van der Waals surface area contributed by atoms with E-state index < -0.39 is 12.0 Å². The molecular formula is C27H29N5O6. The maximum absolute atomic E-state index is 13.5. The van der Waals surface area contributed by atoms with Gasteiger partial charge in [-0.05, 0) is 39.0 Å². The molecule has 2 aromatic carbocycles. The number of benzene rings is 2. The minimum absolute atomic E-state index is 0.0717. The molecule has 1 N–H and O–H groups in total. The molecule has 11 heteroatoms. The van der Waals surface area contributed by atoms with Crippen LogP contribution in [-0.4, -0.2) is 55.8 Å². The highest BCUT2D eigenvalue weighted by molar-refractivity contribution is 6.18. The first-order valence-electron chi connectivity index (χ1n) is 12.2. The first-order chi connectivity index (χ1) is 18.3. The Balaban J connectivity index is 1.62. The summed E-state index contributed by atoms with van der Waals surface area (Å²) < 4.78 is 30.4. The summed E-state index contributed by atoms with van der Waals surface area (Å²) in [6, 6.07) is 8.45. The number of aliphatic imine (C=N–C) groups is 1. The minimum atomic E-state index is -0.529. The number of rotatable bonds is 5. The second-order valence-corrected chi connectivity index (χ2v) is 10.2. The van der Waals surface area contributed by atoms with Crippen molar-refractivity contribution in [3.05, 3.63) is 47.7 Å². The van der Waals surface area contributed by atoms with Crippen LogP contribution in [0.4, 0.5) is 16.3 Å². The number of carbonyl (C=O) groups is 1. The lowest BCUT2D eigenvalue weighted by Crippen LogP contribution is -2.42. The van der Waals surface area contributed by atoms with Crippen molar-refractivity contribution in [2.45, 2.75) is 38.3 Å². The first kappa shape index (κ1) is 24.0. The van der Waals surface area contributed by atoms with Crippen LogP contribution in [0.2, 0.25) is 0 Å². The van der Waals surface area contributed by atoms with Crippen LogP contribution in [-0.2, 0) is 5.54 Å². The highest BCUT2D eigenvalue weighted by Gasteiger charge is 2.50. The summed E-state index contributed by atoms with van der Waals surface area (Å²) in [4.78, 5) is 20.1. The molecule has 1 fully saturated rings. The van der Waals surface area contributed by atoms with Gasteiger partial charge in [0, 0.05) is 28.8 Å². The van der Waals surface area contributed by atoms with Gasteiger partial charge in [-0.2, -0.15) is 5.10 Å². The average Bonchev–Trinajstić information content (AvgIpc) is 3.62. The summed E-state index contributed by atoms with van der Waals surface area (Å²) in [6.07, 6.45) is 1.81. The zero-order chi connectivity index (χ0) is 26.8. The summed E-state index contributed by atoms with van der Waals surface area (Å²) in [5.41, 5.74) is 1.92. The third-order valence-electron chi connectivity index (χ3n) is 6.97. The molecule has 2 atom stereocenters. The summed E-state index contributed by atoms with van der Waals surface area (Å²) in [5.74, 6) is 3.32. The standard InChI is InChI=1S/C27H29N5O6/c1-27(2,3)32-25-17(12-28-32)19(16-11-18-22(38-13-37-18)23(36-6)21(16)35-5)20-24(29-25)30-26(33)31(20)14-8-7-9-15(10-14)34-4/h7-12,19-20H,13H2,1-6H3,(H,29,30,33)/t19-,20+/m1/s1. The highest BCUT2D eigenvalue weighted by Crippen LogP contribution is 2.55. The van der Waals surface area contributed by atoms with Gasteiger partial charge >= 0.3 is 6.03 Å². The Labute approximate surface area is 219 Å². The molecule has 38 heavy (non-hydrogen) atoms. The van der Waals surface area contributed by atoms with Crippen molar-refractivity contribution in [3.63, 3.8) is 0 Å². The van der Waals surface area contributed by atoms with Gasteiger partial charge in [0.2, 0.25) is 18.3 Å². The molecule has 4 heterocycles. The fourth-order valence-corrected chi connectivity index (χ4v) is 5.37. The molecular weight excluding hydrogens is 490 g/mol. The van der Waals surface area contributed by atoms with E-state index in [1.165, 1.54) is 0 Å². The fourth-order valence-electron chi connectivity index (χ4n) is 5.37. The summed E-state index contributed by atoms with van der Waals surface area (Å²) >= 11 is 0. The van der Waals surface area contributed by atoms with E-state index in [0.717, 1.165) is 11.1 Å². The van der Waals surface area contributed by atoms with Crippen LogP contribution < -0.4 is 33.9 Å². The third kappa shape index (κ3) is 3.45. The van der Waals surface area contributed by atoms with Gasteiger partial charge in [-0.15, -0.1) is 0 Å². The van der Waals surface area contributed by atoms with Crippen LogP contribution in [0.15, 0.2) is 41.5 Å². The maximum Gasteiger partial charge on any atom is 0.328 e. The van der Waals surface area contributed by atoms with Crippen molar-refractivity contribution in [2.24, 2.45) is 4.99 Å². The normalized spacial score (nSPS) is 19.5. The predicted octanol–water partition coefficient (Wildman–Crippen LogP) is 4.17. The van der Waals surface area contributed by atoms with E-state index in [1.807, 2.05) is 41.2 Å². The van der Waals surface area contributed by atoms with Gasteiger partial charge in [0.1, 0.15) is 17.6 Å². The van der Waals surface area contributed by atoms with E-state index in [0.29, 0.717) is 46.1 Å². The number of amidine groups is 1. The molecule has 0 unspecified atom stereocenters. The number of hydrogen-bond acceptors (Lipinski definition) is 8. The molecule has 0 bridgehead atoms. The topological polar surface area (TPSA) is 109 Å². The monoisotopic (exact) mass is 519 g/mol. The van der Waals surface area contributed by atoms with Crippen LogP contribution in [0.5, 0.6) is 28.7 Å². The van der Waals surface area contributed by atoms with Crippen molar-refractivity contribution in [1.82, 2.24) is 15.1 Å². The third-order valence-corrected chi connectivity index (χ3v) is 6.97. The molecule has 1 saturated heterocycles. The Bertz CT molecular complexity index is 1470. The van der Waals surface area contributed by atoms with E-state index in [9.17, 15) is 4.79 Å². The average molecular weight is 520 g/mol. The number of ether oxygens (including phenoxy) is 5. The van der Waals surface area contributed by atoms with E-state index in [2.05, 4.69) is 26.1 Å². The summed E-state index contributed by atoms with van der Waals surface area (Å²) in [7, 11) is 4.73. The van der Waals surface area contributed by atoms with Gasteiger partial charge in [-0.25, -0.2) is 14.5 Å². The van der Waals surface area contributed by atoms with E-state index in [1.54, 1.807) is 26.2 Å². The van der Waals surface area contributed by atoms with Crippen molar-refractivity contribution in [1.29, 1.82) is 0 Å². The Morgan fingerprint density at radius 1 is 1.03 bits per heavy atom. The molecule has 1 aromatic heterocycles. The summed E-state index contributed by atoms with van der Waals surface area (Å²) in [6.45, 7) is 6.24. The molecule has 3 aliphatic rings. The Morgan fingerprint density at radius 2 is 1.82 bits per heavy atom. The minimum Gasteiger partial charge on any atom is -0.497 e. The van der Waals surface area contributed by atoms with Crippen molar-refractivity contribution >= 4 is 23.4 Å². The SMILES string of the molecule is COc1cccc(N2C(=O)NC3=Nc4c(cnn4C(C)(C)C)[C@@H](c4cc5c(c(OC)c4OC)OCO5)[C@@H]32)c1. The van der Waals surface area contributed by atoms with Gasteiger partial charge in [0.05, 0.1) is 33.1 Å². The maximum atomic E-state index is 13.5. The highest BCUT2D eigenvalue weighted by atomic mass is 16.7. The number of anilines is 1. The molecule has 0 spiro atoms.